The van der Waals surface area contributed by atoms with Crippen molar-refractivity contribution in [2.75, 3.05) is 0 Å². The van der Waals surface area contributed by atoms with E-state index in [1.54, 1.807) is 0 Å². The molecule has 0 N–H and O–H groups in total. The fourth-order valence-electron chi connectivity index (χ4n) is 1.36. The van der Waals surface area contributed by atoms with E-state index in [0.29, 0.717) is 18.2 Å². The van der Waals surface area contributed by atoms with Gasteiger partial charge in [0.15, 0.2) is 0 Å². The molecule has 0 saturated heterocycles. The molecule has 0 atom stereocenters. The van der Waals surface area contributed by atoms with Crippen molar-refractivity contribution in [1.82, 2.24) is 0 Å². The maximum absolute atomic E-state index is 12.5. The lowest BCUT2D eigenvalue weighted by molar-refractivity contribution is -0.422. The number of hydrogen-bond donors (Lipinski definition) is 0. The third-order valence-corrected chi connectivity index (χ3v) is 2.27. The summed E-state index contributed by atoms with van der Waals surface area (Å²) >= 11 is 0. The van der Waals surface area contributed by atoms with Crippen LogP contribution in [0.2, 0.25) is 0 Å². The largest absolute Gasteiger partial charge is 0.416 e. The van der Waals surface area contributed by atoms with Crippen molar-refractivity contribution in [3.63, 3.8) is 0 Å². The summed E-state index contributed by atoms with van der Waals surface area (Å²) in [6.45, 7) is 0.966. The van der Waals surface area contributed by atoms with Crippen LogP contribution in [0, 0.1) is 10.1 Å². The number of benzene rings is 1. The minimum atomic E-state index is -4.98. The first-order chi connectivity index (χ1) is 8.91. The van der Waals surface area contributed by atoms with E-state index < -0.39 is 39.7 Å². The molecule has 0 amide bonds. The highest BCUT2D eigenvalue weighted by molar-refractivity contribution is 5.54. The number of alkyl halides is 6. The lowest BCUT2D eigenvalue weighted by atomic mass is 10.0. The Kier molecular flexibility index (Phi) is 4.11. The van der Waals surface area contributed by atoms with Crippen molar-refractivity contribution in [1.29, 1.82) is 0 Å². The lowest BCUT2D eigenvalue weighted by Crippen LogP contribution is -2.11. The quantitative estimate of drug-likeness (QED) is 0.462. The van der Waals surface area contributed by atoms with Gasteiger partial charge in [0, 0.05) is 13.0 Å². The summed E-state index contributed by atoms with van der Waals surface area (Å²) in [6, 6.07) is 0.795. The molecular weight excluding hydrogens is 292 g/mol. The van der Waals surface area contributed by atoms with Crippen molar-refractivity contribution in [3.8, 4) is 0 Å². The second-order valence-corrected chi connectivity index (χ2v) is 3.88. The Morgan fingerprint density at radius 1 is 1.05 bits per heavy atom. The van der Waals surface area contributed by atoms with Crippen molar-refractivity contribution in [2.45, 2.75) is 19.3 Å². The third-order valence-electron chi connectivity index (χ3n) is 2.27. The van der Waals surface area contributed by atoms with Gasteiger partial charge in [0.2, 0.25) is 5.70 Å². The summed E-state index contributed by atoms with van der Waals surface area (Å²) in [5.41, 5.74) is -4.15. The van der Waals surface area contributed by atoms with Crippen LogP contribution in [0.5, 0.6) is 0 Å². The van der Waals surface area contributed by atoms with Gasteiger partial charge in [-0.05, 0) is 23.8 Å². The first-order valence-electron chi connectivity index (χ1n) is 5.03. The predicted molar refractivity (Wildman–Crippen MR) is 57.1 cm³/mol. The highest BCUT2D eigenvalue weighted by atomic mass is 19.4. The van der Waals surface area contributed by atoms with E-state index in [4.69, 9.17) is 0 Å². The van der Waals surface area contributed by atoms with E-state index in [2.05, 4.69) is 0 Å². The molecular formula is C11H7F6NO2. The fourth-order valence-corrected chi connectivity index (χ4v) is 1.36. The SMILES string of the molecule is CC(=Cc1cc(C(F)(F)F)cc(C(F)(F)F)c1)[N+](=O)[O-]. The van der Waals surface area contributed by atoms with Gasteiger partial charge in [0.1, 0.15) is 0 Å². The average molecular weight is 299 g/mol. The molecule has 0 fully saturated rings. The summed E-state index contributed by atoms with van der Waals surface area (Å²) in [4.78, 5) is 9.45. The van der Waals surface area contributed by atoms with Gasteiger partial charge < -0.3 is 0 Å². The molecule has 0 unspecified atom stereocenters. The molecule has 1 aromatic carbocycles. The highest BCUT2D eigenvalue weighted by Crippen LogP contribution is 2.36. The summed E-state index contributed by atoms with van der Waals surface area (Å²) in [6.07, 6.45) is -9.32. The maximum atomic E-state index is 12.5. The molecule has 0 aliphatic carbocycles. The van der Waals surface area contributed by atoms with Crippen LogP contribution < -0.4 is 0 Å². The van der Waals surface area contributed by atoms with E-state index in [1.165, 1.54) is 0 Å². The van der Waals surface area contributed by atoms with Gasteiger partial charge >= 0.3 is 12.4 Å². The molecule has 1 rings (SSSR count). The highest BCUT2D eigenvalue weighted by Gasteiger charge is 2.36. The van der Waals surface area contributed by atoms with Crippen LogP contribution in [-0.2, 0) is 12.4 Å². The van der Waals surface area contributed by atoms with Crippen LogP contribution in [0.3, 0.4) is 0 Å². The van der Waals surface area contributed by atoms with Crippen molar-refractivity contribution in [3.05, 3.63) is 50.7 Å². The smallest absolute Gasteiger partial charge is 0.259 e. The van der Waals surface area contributed by atoms with Crippen LogP contribution in [0.25, 0.3) is 6.08 Å². The van der Waals surface area contributed by atoms with Gasteiger partial charge in [0.25, 0.3) is 0 Å². The Balaban J connectivity index is 3.47. The van der Waals surface area contributed by atoms with Gasteiger partial charge in [-0.2, -0.15) is 26.3 Å². The van der Waals surface area contributed by atoms with Crippen molar-refractivity contribution >= 4 is 6.08 Å². The van der Waals surface area contributed by atoms with Crippen LogP contribution in [0.1, 0.15) is 23.6 Å². The Morgan fingerprint density at radius 2 is 1.45 bits per heavy atom. The number of nitrogens with zero attached hydrogens (tertiary/aromatic N) is 1. The summed E-state index contributed by atoms with van der Waals surface area (Å²) in [5.74, 6) is 0. The predicted octanol–water partition coefficient (Wildman–Crippen LogP) is 4.36. The maximum Gasteiger partial charge on any atom is 0.416 e. The molecule has 0 aromatic heterocycles. The van der Waals surface area contributed by atoms with E-state index in [9.17, 15) is 36.5 Å². The van der Waals surface area contributed by atoms with Gasteiger partial charge in [-0.25, -0.2) is 0 Å². The molecule has 9 heteroatoms. The molecule has 20 heavy (non-hydrogen) atoms. The molecule has 3 nitrogen and oxygen atoms in total. The van der Waals surface area contributed by atoms with Crippen LogP contribution in [0.15, 0.2) is 23.9 Å². The minimum Gasteiger partial charge on any atom is -0.259 e. The molecule has 0 radical (unpaired) electrons. The molecule has 0 aliphatic heterocycles. The van der Waals surface area contributed by atoms with E-state index in [1.807, 2.05) is 0 Å². The zero-order valence-electron chi connectivity index (χ0n) is 9.84. The van der Waals surface area contributed by atoms with Gasteiger partial charge in [0.05, 0.1) is 16.1 Å². The second-order valence-electron chi connectivity index (χ2n) is 3.88. The summed E-state index contributed by atoms with van der Waals surface area (Å²) in [5, 5.41) is 10.4. The molecule has 110 valence electrons. The van der Waals surface area contributed by atoms with Crippen molar-refractivity contribution in [2.24, 2.45) is 0 Å². The average Bonchev–Trinajstić information content (AvgIpc) is 2.26. The minimum absolute atomic E-state index is 0.0428. The van der Waals surface area contributed by atoms with Crippen LogP contribution >= 0.6 is 0 Å². The Labute approximate surface area is 108 Å². The Bertz CT molecular complexity index is 527. The summed E-state index contributed by atoms with van der Waals surface area (Å²) < 4.78 is 75.1. The molecule has 1 aromatic rings. The Morgan fingerprint density at radius 3 is 1.75 bits per heavy atom. The molecule has 0 heterocycles. The monoisotopic (exact) mass is 299 g/mol. The number of allylic oxidation sites excluding steroid dienone is 1. The van der Waals surface area contributed by atoms with Gasteiger partial charge in [-0.3, -0.25) is 10.1 Å². The number of nitro groups is 1. The van der Waals surface area contributed by atoms with E-state index in [-0.39, 0.29) is 6.07 Å². The molecule has 0 bridgehead atoms. The standard InChI is InChI=1S/C11H7F6NO2/c1-6(18(19)20)2-7-3-8(10(12,13)14)5-9(4-7)11(15,16)17/h2-5H,1H3. The molecule has 0 aliphatic rings. The topological polar surface area (TPSA) is 43.1 Å². The van der Waals surface area contributed by atoms with E-state index >= 15 is 0 Å². The van der Waals surface area contributed by atoms with Gasteiger partial charge in [-0.15, -0.1) is 0 Å². The van der Waals surface area contributed by atoms with E-state index in [0.717, 1.165) is 6.92 Å². The number of hydrogen-bond acceptors (Lipinski definition) is 2. The number of halogens is 6. The zero-order chi connectivity index (χ0) is 15.7. The lowest BCUT2D eigenvalue weighted by Gasteiger charge is -2.12. The molecule has 0 spiro atoms. The zero-order valence-corrected chi connectivity index (χ0v) is 9.84. The molecule has 0 saturated carbocycles. The normalized spacial score (nSPS) is 13.4. The first kappa shape index (κ1) is 16.0. The first-order valence-corrected chi connectivity index (χ1v) is 5.03. The Hall–Kier alpha value is -2.06. The van der Waals surface area contributed by atoms with Gasteiger partial charge in [-0.1, -0.05) is 0 Å². The second kappa shape index (κ2) is 5.14. The fraction of sp³-hybridized carbons (Fsp3) is 0.273. The van der Waals surface area contributed by atoms with Crippen LogP contribution in [0.4, 0.5) is 26.3 Å². The number of rotatable bonds is 2. The van der Waals surface area contributed by atoms with Crippen LogP contribution in [-0.4, -0.2) is 4.92 Å². The van der Waals surface area contributed by atoms with Crippen molar-refractivity contribution < 1.29 is 31.3 Å². The summed E-state index contributed by atoms with van der Waals surface area (Å²) in [7, 11) is 0. The third kappa shape index (κ3) is 3.97.